The number of nitrogens with zero attached hydrogens (tertiary/aromatic N) is 1. The van der Waals surface area contributed by atoms with Crippen molar-refractivity contribution in [2.24, 2.45) is 0 Å². The fraction of sp³-hybridized carbons (Fsp3) is 0.556. The van der Waals surface area contributed by atoms with Crippen molar-refractivity contribution in [1.29, 1.82) is 0 Å². The van der Waals surface area contributed by atoms with Gasteiger partial charge in [0, 0.05) is 38.9 Å². The van der Waals surface area contributed by atoms with Crippen LogP contribution in [0, 0.1) is 0 Å². The van der Waals surface area contributed by atoms with E-state index in [-0.39, 0.29) is 24.1 Å². The summed E-state index contributed by atoms with van der Waals surface area (Å²) in [5.74, 6) is 0.320. The predicted octanol–water partition coefficient (Wildman–Crippen LogP) is 1.88. The second-order valence-electron chi connectivity index (χ2n) is 6.62. The van der Waals surface area contributed by atoms with Crippen molar-refractivity contribution in [3.05, 3.63) is 18.2 Å². The maximum absolute atomic E-state index is 12.5. The quantitative estimate of drug-likeness (QED) is 0.717. The molecule has 0 bridgehead atoms. The highest BCUT2D eigenvalue weighted by molar-refractivity contribution is 5.94. The van der Waals surface area contributed by atoms with Crippen molar-refractivity contribution < 1.29 is 19.1 Å². The van der Waals surface area contributed by atoms with Gasteiger partial charge in [-0.1, -0.05) is 0 Å². The maximum atomic E-state index is 12.5. The van der Waals surface area contributed by atoms with Gasteiger partial charge in [-0.25, -0.2) is 4.79 Å². The van der Waals surface area contributed by atoms with Gasteiger partial charge >= 0.3 is 6.03 Å². The van der Waals surface area contributed by atoms with E-state index in [4.69, 9.17) is 9.47 Å². The van der Waals surface area contributed by atoms with Crippen LogP contribution in [0.3, 0.4) is 0 Å². The average Bonchev–Trinajstić information content (AvgIpc) is 2.97. The zero-order valence-electron chi connectivity index (χ0n) is 16.0. The zero-order chi connectivity index (χ0) is 19.3. The van der Waals surface area contributed by atoms with Crippen LogP contribution in [0.2, 0.25) is 0 Å². The first-order valence-corrected chi connectivity index (χ1v) is 8.64. The van der Waals surface area contributed by atoms with Gasteiger partial charge in [0.1, 0.15) is 5.75 Å². The molecular weight excluding hydrogens is 336 g/mol. The lowest BCUT2D eigenvalue weighted by atomic mass is 10.2. The number of urea groups is 1. The van der Waals surface area contributed by atoms with E-state index in [1.807, 2.05) is 0 Å². The van der Waals surface area contributed by atoms with Crippen LogP contribution >= 0.6 is 0 Å². The number of likely N-dealkylation sites (tertiary alicyclic amines) is 1. The van der Waals surface area contributed by atoms with Crippen molar-refractivity contribution >= 4 is 23.3 Å². The summed E-state index contributed by atoms with van der Waals surface area (Å²) in [5, 5.41) is 8.44. The molecule has 0 radical (unpaired) electrons. The summed E-state index contributed by atoms with van der Waals surface area (Å²) in [6.45, 7) is 7.17. The molecule has 1 aromatic rings. The summed E-state index contributed by atoms with van der Waals surface area (Å²) >= 11 is 0. The lowest BCUT2D eigenvalue weighted by Gasteiger charge is -2.20. The Labute approximate surface area is 154 Å². The number of benzene rings is 1. The second kappa shape index (κ2) is 8.86. The van der Waals surface area contributed by atoms with Gasteiger partial charge in [-0.2, -0.15) is 0 Å². The number of methoxy groups -OCH3 is 2. The lowest BCUT2D eigenvalue weighted by molar-refractivity contribution is -0.114. The molecule has 1 aliphatic heterocycles. The van der Waals surface area contributed by atoms with E-state index in [1.54, 1.807) is 25.3 Å². The molecule has 2 rings (SSSR count). The minimum Gasteiger partial charge on any atom is -0.495 e. The summed E-state index contributed by atoms with van der Waals surface area (Å²) < 4.78 is 10.8. The smallest absolute Gasteiger partial charge is 0.319 e. The van der Waals surface area contributed by atoms with Crippen molar-refractivity contribution in [2.45, 2.75) is 39.0 Å². The van der Waals surface area contributed by atoms with Crippen molar-refractivity contribution in [2.75, 3.05) is 37.9 Å². The van der Waals surface area contributed by atoms with Crippen molar-refractivity contribution in [3.63, 3.8) is 0 Å². The van der Waals surface area contributed by atoms with E-state index in [0.29, 0.717) is 23.2 Å². The highest BCUT2D eigenvalue weighted by atomic mass is 16.5. The van der Waals surface area contributed by atoms with Crippen LogP contribution < -0.4 is 20.7 Å². The van der Waals surface area contributed by atoms with Crippen LogP contribution in [0.5, 0.6) is 5.75 Å². The number of carbonyl (C=O) groups excluding carboxylic acids is 2. The normalized spacial score (nSPS) is 20.1. The molecule has 1 aromatic carbocycles. The van der Waals surface area contributed by atoms with Gasteiger partial charge in [0.15, 0.2) is 0 Å². The van der Waals surface area contributed by atoms with Gasteiger partial charge in [0.25, 0.3) is 0 Å². The highest BCUT2D eigenvalue weighted by Crippen LogP contribution is 2.28. The fourth-order valence-electron chi connectivity index (χ4n) is 3.02. The maximum Gasteiger partial charge on any atom is 0.319 e. The third-order valence-corrected chi connectivity index (χ3v) is 4.41. The molecule has 3 amide bonds. The first kappa shape index (κ1) is 20.0. The molecule has 1 fully saturated rings. The molecule has 0 unspecified atom stereocenters. The van der Waals surface area contributed by atoms with Gasteiger partial charge in [-0.3, -0.25) is 9.69 Å². The Balaban J connectivity index is 2.05. The summed E-state index contributed by atoms with van der Waals surface area (Å²) in [5.41, 5.74) is 1.05. The van der Waals surface area contributed by atoms with Crippen LogP contribution in [0.4, 0.5) is 16.2 Å². The second-order valence-corrected chi connectivity index (χ2v) is 6.62. The first-order valence-electron chi connectivity index (χ1n) is 8.64. The Morgan fingerprint density at radius 1 is 1.19 bits per heavy atom. The Kier molecular flexibility index (Phi) is 6.82. The molecule has 0 aliphatic carbocycles. The molecule has 8 nitrogen and oxygen atoms in total. The Bertz CT molecular complexity index is 650. The molecular formula is C18H28N4O4. The van der Waals surface area contributed by atoms with Crippen LogP contribution in [-0.4, -0.2) is 62.3 Å². The summed E-state index contributed by atoms with van der Waals surface area (Å²) in [7, 11) is 3.18. The summed E-state index contributed by atoms with van der Waals surface area (Å²) in [6, 6.07) is 4.99. The van der Waals surface area contributed by atoms with Crippen LogP contribution in [-0.2, 0) is 9.53 Å². The number of nitrogens with one attached hydrogen (secondary N) is 3. The molecule has 0 spiro atoms. The molecule has 0 saturated carbocycles. The average molecular weight is 364 g/mol. The van der Waals surface area contributed by atoms with E-state index in [2.05, 4.69) is 34.7 Å². The number of anilines is 2. The predicted molar refractivity (Wildman–Crippen MR) is 101 cm³/mol. The largest absolute Gasteiger partial charge is 0.495 e. The number of ether oxygens (including phenoxy) is 2. The number of carbonyl (C=O) groups is 2. The molecule has 26 heavy (non-hydrogen) atoms. The van der Waals surface area contributed by atoms with E-state index < -0.39 is 0 Å². The molecule has 2 atom stereocenters. The number of rotatable bonds is 6. The van der Waals surface area contributed by atoms with Gasteiger partial charge in [-0.05, 0) is 32.0 Å². The van der Waals surface area contributed by atoms with Crippen LogP contribution in [0.15, 0.2) is 18.2 Å². The lowest BCUT2D eigenvalue weighted by Crippen LogP contribution is -2.45. The van der Waals surface area contributed by atoms with E-state index in [1.165, 1.54) is 14.0 Å². The van der Waals surface area contributed by atoms with Gasteiger partial charge in [0.05, 0.1) is 24.9 Å². The summed E-state index contributed by atoms with van der Waals surface area (Å²) in [4.78, 5) is 26.0. The van der Waals surface area contributed by atoms with Gasteiger partial charge in [-0.15, -0.1) is 0 Å². The minimum atomic E-state index is -0.346. The monoisotopic (exact) mass is 364 g/mol. The topological polar surface area (TPSA) is 91.9 Å². The number of hydrogen-bond acceptors (Lipinski definition) is 5. The van der Waals surface area contributed by atoms with Crippen molar-refractivity contribution in [3.8, 4) is 5.75 Å². The highest BCUT2D eigenvalue weighted by Gasteiger charge is 2.35. The molecule has 144 valence electrons. The minimum absolute atomic E-state index is 0.0595. The fourth-order valence-corrected chi connectivity index (χ4v) is 3.02. The van der Waals surface area contributed by atoms with Gasteiger partial charge < -0.3 is 25.4 Å². The van der Waals surface area contributed by atoms with Crippen LogP contribution in [0.1, 0.15) is 20.8 Å². The Morgan fingerprint density at radius 2 is 1.92 bits per heavy atom. The Hall–Kier alpha value is -2.32. The number of amides is 3. The zero-order valence-corrected chi connectivity index (χ0v) is 16.0. The summed E-state index contributed by atoms with van der Waals surface area (Å²) in [6.07, 6.45) is -0.0595. The third kappa shape index (κ3) is 5.09. The molecule has 8 heteroatoms. The van der Waals surface area contributed by atoms with Crippen LogP contribution in [0.25, 0.3) is 0 Å². The third-order valence-electron chi connectivity index (χ3n) is 4.41. The molecule has 1 aliphatic rings. The van der Waals surface area contributed by atoms with E-state index >= 15 is 0 Å². The first-order chi connectivity index (χ1) is 12.3. The van der Waals surface area contributed by atoms with E-state index in [9.17, 15) is 9.59 Å². The molecule has 0 aromatic heterocycles. The SMILES string of the molecule is COc1ccc(NC(C)=O)cc1NC(=O)N[C@H]1CN(C(C)C)C[C@@H]1OC. The van der Waals surface area contributed by atoms with Crippen molar-refractivity contribution in [1.82, 2.24) is 10.2 Å². The Morgan fingerprint density at radius 3 is 2.50 bits per heavy atom. The molecule has 1 saturated heterocycles. The molecule has 3 N–H and O–H groups in total. The van der Waals surface area contributed by atoms with E-state index in [0.717, 1.165) is 13.1 Å². The standard InChI is InChI=1S/C18H28N4O4/c1-11(2)22-9-15(17(10-22)26-5)21-18(24)20-14-8-13(19-12(3)23)6-7-16(14)25-4/h6-8,11,15,17H,9-10H2,1-5H3,(H,19,23)(H2,20,21,24)/t15-,17-/m0/s1. The molecule has 1 heterocycles. The van der Waals surface area contributed by atoms with Gasteiger partial charge in [0.2, 0.25) is 5.91 Å². The number of hydrogen-bond donors (Lipinski definition) is 3.